The van der Waals surface area contributed by atoms with Crippen LogP contribution in [0.3, 0.4) is 0 Å². The number of pyridine rings is 1. The monoisotopic (exact) mass is 317 g/mol. The SMILES string of the molecule is COS(=O)(=O)O.COS(=O)(=O)[O-].C[n+]1ccccc1. The van der Waals surface area contributed by atoms with Crippen molar-refractivity contribution in [2.24, 2.45) is 7.05 Å². The average molecular weight is 317 g/mol. The summed E-state index contributed by atoms with van der Waals surface area (Å²) in [5.41, 5.74) is 0. The summed E-state index contributed by atoms with van der Waals surface area (Å²) < 4.78 is 62.7. The Balaban J connectivity index is 0. The fraction of sp³-hybridized carbons (Fsp3) is 0.375. The third-order valence-corrected chi connectivity index (χ3v) is 2.11. The van der Waals surface area contributed by atoms with Crippen LogP contribution in [0.4, 0.5) is 0 Å². The Hall–Kier alpha value is -1.11. The Bertz CT molecular complexity index is 493. The smallest absolute Gasteiger partial charge is 0.397 e. The maximum atomic E-state index is 9.33. The van der Waals surface area contributed by atoms with Crippen LogP contribution in [0, 0.1) is 0 Å². The third-order valence-electron chi connectivity index (χ3n) is 1.28. The van der Waals surface area contributed by atoms with Gasteiger partial charge in [-0.3, -0.25) is 12.9 Å². The summed E-state index contributed by atoms with van der Waals surface area (Å²) in [5.74, 6) is 0. The number of aryl methyl sites for hydroxylation is 1. The van der Waals surface area contributed by atoms with Crippen molar-refractivity contribution >= 4 is 20.8 Å². The van der Waals surface area contributed by atoms with Crippen molar-refractivity contribution < 1.29 is 38.9 Å². The quantitative estimate of drug-likeness (QED) is 0.419. The summed E-state index contributed by atoms with van der Waals surface area (Å²) in [6, 6.07) is 6.00. The van der Waals surface area contributed by atoms with E-state index in [4.69, 9.17) is 4.55 Å². The van der Waals surface area contributed by atoms with Gasteiger partial charge >= 0.3 is 10.4 Å². The lowest BCUT2D eigenvalue weighted by Gasteiger charge is -1.98. The van der Waals surface area contributed by atoms with E-state index in [2.05, 4.69) is 8.37 Å². The Morgan fingerprint density at radius 1 is 1.00 bits per heavy atom. The van der Waals surface area contributed by atoms with Crippen molar-refractivity contribution in [1.82, 2.24) is 0 Å². The lowest BCUT2D eigenvalue weighted by atomic mass is 10.5. The highest BCUT2D eigenvalue weighted by molar-refractivity contribution is 7.81. The molecule has 19 heavy (non-hydrogen) atoms. The predicted octanol–water partition coefficient (Wildman–Crippen LogP) is -0.960. The number of nitrogens with zero attached hydrogens (tertiary/aromatic N) is 1. The van der Waals surface area contributed by atoms with E-state index >= 15 is 0 Å². The summed E-state index contributed by atoms with van der Waals surface area (Å²) in [6.45, 7) is 0. The van der Waals surface area contributed by atoms with Crippen LogP contribution in [-0.4, -0.2) is 40.2 Å². The maximum absolute atomic E-state index is 9.33. The molecule has 0 saturated heterocycles. The van der Waals surface area contributed by atoms with Gasteiger partial charge in [-0.25, -0.2) is 13.0 Å². The first kappa shape index (κ1) is 20.2. The first-order chi connectivity index (χ1) is 8.52. The second-order valence-corrected chi connectivity index (χ2v) is 5.05. The molecule has 0 radical (unpaired) electrons. The van der Waals surface area contributed by atoms with E-state index in [0.717, 1.165) is 14.2 Å². The minimum Gasteiger partial charge on any atom is -0.726 e. The van der Waals surface area contributed by atoms with Crippen LogP contribution < -0.4 is 4.57 Å². The fourth-order valence-corrected chi connectivity index (χ4v) is 0.485. The normalized spacial score (nSPS) is 10.6. The van der Waals surface area contributed by atoms with E-state index in [9.17, 15) is 21.4 Å². The molecule has 1 aromatic rings. The van der Waals surface area contributed by atoms with Crippen molar-refractivity contribution in [2.75, 3.05) is 14.2 Å². The van der Waals surface area contributed by atoms with Crippen LogP contribution in [-0.2, 0) is 36.2 Å². The molecule has 1 aromatic heterocycles. The van der Waals surface area contributed by atoms with Crippen LogP contribution in [0.5, 0.6) is 0 Å². The minimum atomic E-state index is -4.41. The Morgan fingerprint density at radius 2 is 1.32 bits per heavy atom. The van der Waals surface area contributed by atoms with E-state index in [0.29, 0.717) is 0 Å². The topological polar surface area (TPSA) is 134 Å². The summed E-state index contributed by atoms with van der Waals surface area (Å²) in [5, 5.41) is 0. The molecule has 1 rings (SSSR count). The largest absolute Gasteiger partial charge is 0.726 e. The van der Waals surface area contributed by atoms with Gasteiger partial charge in [0, 0.05) is 12.1 Å². The van der Waals surface area contributed by atoms with Crippen molar-refractivity contribution in [2.45, 2.75) is 0 Å². The van der Waals surface area contributed by atoms with Crippen molar-refractivity contribution in [3.8, 4) is 0 Å². The number of hydrogen-bond donors (Lipinski definition) is 1. The standard InChI is InChI=1S/C6H8N.2CH4O4S/c1-7-5-3-2-4-6-7;2*1-5-6(2,3)4/h2-6H,1H3;2*1H3,(H,2,3,4)/q+1;;/p-1. The molecular weight excluding hydrogens is 302 g/mol. The van der Waals surface area contributed by atoms with Crippen LogP contribution in [0.1, 0.15) is 0 Å². The highest BCUT2D eigenvalue weighted by Gasteiger charge is 1.94. The van der Waals surface area contributed by atoms with Crippen LogP contribution in [0.25, 0.3) is 0 Å². The molecule has 9 nitrogen and oxygen atoms in total. The van der Waals surface area contributed by atoms with Crippen LogP contribution >= 0.6 is 0 Å². The van der Waals surface area contributed by atoms with Gasteiger partial charge in [-0.1, -0.05) is 6.07 Å². The van der Waals surface area contributed by atoms with Crippen molar-refractivity contribution in [3.63, 3.8) is 0 Å². The molecule has 0 aromatic carbocycles. The molecule has 112 valence electrons. The summed E-state index contributed by atoms with van der Waals surface area (Å²) >= 11 is 0. The van der Waals surface area contributed by atoms with Crippen LogP contribution in [0.15, 0.2) is 30.6 Å². The molecule has 0 unspecified atom stereocenters. The average Bonchev–Trinajstić information content (AvgIpc) is 2.30. The minimum absolute atomic E-state index is 0.808. The van der Waals surface area contributed by atoms with Gasteiger partial charge < -0.3 is 4.55 Å². The van der Waals surface area contributed by atoms with E-state index < -0.39 is 20.8 Å². The molecule has 0 amide bonds. The maximum Gasteiger partial charge on any atom is 0.397 e. The van der Waals surface area contributed by atoms with Gasteiger partial charge in [-0.05, 0) is 0 Å². The van der Waals surface area contributed by atoms with E-state index in [1.807, 2.05) is 42.2 Å². The van der Waals surface area contributed by atoms with Gasteiger partial charge in [-0.2, -0.15) is 8.42 Å². The van der Waals surface area contributed by atoms with Crippen molar-refractivity contribution in [3.05, 3.63) is 30.6 Å². The zero-order chi connectivity index (χ0) is 15.5. The lowest BCUT2D eigenvalue weighted by Crippen LogP contribution is -2.25. The third kappa shape index (κ3) is 22.5. The van der Waals surface area contributed by atoms with Gasteiger partial charge in [0.25, 0.3) is 0 Å². The molecular formula is C8H15NO8S2. The van der Waals surface area contributed by atoms with Gasteiger partial charge in [0.05, 0.1) is 14.2 Å². The first-order valence-corrected chi connectivity index (χ1v) is 7.16. The molecule has 0 saturated carbocycles. The molecule has 0 aliphatic heterocycles. The molecule has 0 bridgehead atoms. The van der Waals surface area contributed by atoms with E-state index in [1.54, 1.807) is 0 Å². The zero-order valence-electron chi connectivity index (χ0n) is 10.5. The number of rotatable bonds is 2. The second-order valence-electron chi connectivity index (χ2n) is 2.71. The van der Waals surface area contributed by atoms with E-state index in [-0.39, 0.29) is 0 Å². The molecule has 11 heteroatoms. The molecule has 1 heterocycles. The number of hydrogen-bond acceptors (Lipinski definition) is 7. The lowest BCUT2D eigenvalue weighted by molar-refractivity contribution is -0.671. The van der Waals surface area contributed by atoms with E-state index in [1.165, 1.54) is 0 Å². The molecule has 0 aliphatic carbocycles. The summed E-state index contributed by atoms with van der Waals surface area (Å²) in [4.78, 5) is 0. The molecule has 0 spiro atoms. The Morgan fingerprint density at radius 3 is 1.42 bits per heavy atom. The number of aromatic nitrogens is 1. The fourth-order valence-electron chi connectivity index (χ4n) is 0.485. The van der Waals surface area contributed by atoms with Gasteiger partial charge in [0.15, 0.2) is 12.4 Å². The summed E-state index contributed by atoms with van der Waals surface area (Å²) in [6.07, 6.45) is 4.00. The zero-order valence-corrected chi connectivity index (χ0v) is 12.1. The Labute approximate surface area is 112 Å². The van der Waals surface area contributed by atoms with Crippen LogP contribution in [0.2, 0.25) is 0 Å². The highest BCUT2D eigenvalue weighted by atomic mass is 32.3. The molecule has 0 atom stereocenters. The Kier molecular flexibility index (Phi) is 10.4. The highest BCUT2D eigenvalue weighted by Crippen LogP contribution is 1.75. The summed E-state index contributed by atoms with van der Waals surface area (Å²) in [7, 11) is -4.90. The second kappa shape index (κ2) is 9.77. The van der Waals surface area contributed by atoms with Gasteiger partial charge in [0.2, 0.25) is 10.4 Å². The predicted molar refractivity (Wildman–Crippen MR) is 62.9 cm³/mol. The molecule has 0 fully saturated rings. The molecule has 1 N–H and O–H groups in total. The van der Waals surface area contributed by atoms with Crippen molar-refractivity contribution in [1.29, 1.82) is 0 Å². The molecule has 0 aliphatic rings. The van der Waals surface area contributed by atoms with Gasteiger partial charge in [0.1, 0.15) is 7.05 Å². The van der Waals surface area contributed by atoms with Gasteiger partial charge in [-0.15, -0.1) is 0 Å². The first-order valence-electron chi connectivity index (χ1n) is 4.46.